The van der Waals surface area contributed by atoms with E-state index in [-0.39, 0.29) is 17.4 Å². The summed E-state index contributed by atoms with van der Waals surface area (Å²) in [5.74, 6) is 1.38. The first-order chi connectivity index (χ1) is 8.73. The molecule has 0 aliphatic heterocycles. The number of ether oxygens (including phenoxy) is 1. The number of hydrogen-bond donors (Lipinski definition) is 1. The summed E-state index contributed by atoms with van der Waals surface area (Å²) in [7, 11) is 1.67. The monoisotopic (exact) mass is 245 g/mol. The predicted molar refractivity (Wildman–Crippen MR) is 69.4 cm³/mol. The molecule has 18 heavy (non-hydrogen) atoms. The summed E-state index contributed by atoms with van der Waals surface area (Å²) in [6, 6.07) is 8.09. The van der Waals surface area contributed by atoms with Crippen LogP contribution < -0.4 is 10.1 Å². The molecule has 1 aromatic rings. The summed E-state index contributed by atoms with van der Waals surface area (Å²) in [5.41, 5.74) is 1.11. The molecule has 1 aromatic carbocycles. The molecule has 1 amide bonds. The first-order valence-electron chi connectivity index (χ1n) is 6.70. The van der Waals surface area contributed by atoms with Gasteiger partial charge in [-0.1, -0.05) is 12.1 Å². The molecule has 2 saturated carbocycles. The Morgan fingerprint density at radius 2 is 1.94 bits per heavy atom. The second kappa shape index (κ2) is 4.30. The van der Waals surface area contributed by atoms with Crippen LogP contribution in [0.3, 0.4) is 0 Å². The Balaban J connectivity index is 1.78. The molecule has 0 saturated heterocycles. The van der Waals surface area contributed by atoms with Gasteiger partial charge < -0.3 is 10.1 Å². The van der Waals surface area contributed by atoms with Crippen LogP contribution in [-0.4, -0.2) is 13.0 Å². The molecule has 0 spiro atoms. The molecule has 0 radical (unpaired) electrons. The minimum Gasteiger partial charge on any atom is -0.497 e. The highest BCUT2D eigenvalue weighted by molar-refractivity contribution is 5.82. The molecule has 3 nitrogen and oxygen atoms in total. The van der Waals surface area contributed by atoms with Crippen molar-refractivity contribution in [3.63, 3.8) is 0 Å². The predicted octanol–water partition coefficient (Wildman–Crippen LogP) is 2.60. The lowest BCUT2D eigenvalue weighted by molar-refractivity contribution is -0.125. The number of methoxy groups -OCH3 is 1. The Bertz CT molecular complexity index is 444. The maximum Gasteiger partial charge on any atom is 0.223 e. The Labute approximate surface area is 108 Å². The van der Waals surface area contributed by atoms with Crippen molar-refractivity contribution in [2.75, 3.05) is 7.11 Å². The third-order valence-electron chi connectivity index (χ3n) is 4.16. The normalized spacial score (nSPS) is 20.9. The van der Waals surface area contributed by atoms with Gasteiger partial charge in [0, 0.05) is 5.92 Å². The van der Waals surface area contributed by atoms with Crippen molar-refractivity contribution >= 4 is 5.91 Å². The number of benzene rings is 1. The van der Waals surface area contributed by atoms with E-state index < -0.39 is 0 Å². The summed E-state index contributed by atoms with van der Waals surface area (Å²) >= 11 is 0. The largest absolute Gasteiger partial charge is 0.497 e. The number of amides is 1. The molecule has 1 N–H and O–H groups in total. The van der Waals surface area contributed by atoms with Gasteiger partial charge in [0.15, 0.2) is 0 Å². The van der Waals surface area contributed by atoms with E-state index in [2.05, 4.69) is 17.4 Å². The van der Waals surface area contributed by atoms with Crippen LogP contribution in [0.4, 0.5) is 0 Å². The summed E-state index contributed by atoms with van der Waals surface area (Å²) < 4.78 is 5.18. The zero-order valence-electron chi connectivity index (χ0n) is 10.7. The number of nitrogens with one attached hydrogen (secondary N) is 1. The minimum absolute atomic E-state index is 0.105. The van der Waals surface area contributed by atoms with Crippen molar-refractivity contribution < 1.29 is 9.53 Å². The van der Waals surface area contributed by atoms with Gasteiger partial charge >= 0.3 is 0 Å². The van der Waals surface area contributed by atoms with Gasteiger partial charge in [0.1, 0.15) is 5.75 Å². The molecule has 3 heteroatoms. The van der Waals surface area contributed by atoms with Gasteiger partial charge in [-0.2, -0.15) is 0 Å². The van der Waals surface area contributed by atoms with Crippen molar-refractivity contribution in [2.24, 2.45) is 5.92 Å². The first kappa shape index (κ1) is 11.6. The van der Waals surface area contributed by atoms with Crippen LogP contribution in [0.15, 0.2) is 24.3 Å². The lowest BCUT2D eigenvalue weighted by Crippen LogP contribution is -2.51. The highest BCUT2D eigenvalue weighted by Crippen LogP contribution is 2.43. The van der Waals surface area contributed by atoms with E-state index in [1.807, 2.05) is 12.1 Å². The van der Waals surface area contributed by atoms with Gasteiger partial charge in [-0.25, -0.2) is 0 Å². The molecular weight excluding hydrogens is 226 g/mol. The van der Waals surface area contributed by atoms with E-state index in [9.17, 15) is 4.79 Å². The molecule has 0 aromatic heterocycles. The lowest BCUT2D eigenvalue weighted by atomic mass is 9.71. The van der Waals surface area contributed by atoms with Gasteiger partial charge in [0.25, 0.3) is 0 Å². The van der Waals surface area contributed by atoms with E-state index in [0.29, 0.717) is 0 Å². The van der Waals surface area contributed by atoms with Crippen LogP contribution in [0, 0.1) is 5.92 Å². The van der Waals surface area contributed by atoms with Crippen LogP contribution in [0.1, 0.15) is 37.7 Å². The quantitative estimate of drug-likeness (QED) is 0.885. The number of carbonyl (C=O) groups is 1. The van der Waals surface area contributed by atoms with E-state index in [4.69, 9.17) is 4.74 Å². The van der Waals surface area contributed by atoms with Gasteiger partial charge in [-0.15, -0.1) is 0 Å². The minimum atomic E-state index is -0.105. The number of carbonyl (C=O) groups excluding carboxylic acids is 1. The van der Waals surface area contributed by atoms with Crippen LogP contribution in [0.2, 0.25) is 0 Å². The maximum atomic E-state index is 12.0. The Morgan fingerprint density at radius 3 is 2.39 bits per heavy atom. The number of hydrogen-bond acceptors (Lipinski definition) is 2. The van der Waals surface area contributed by atoms with Crippen LogP contribution >= 0.6 is 0 Å². The third-order valence-corrected chi connectivity index (χ3v) is 4.16. The average Bonchev–Trinajstić information content (AvgIpc) is 3.18. The van der Waals surface area contributed by atoms with E-state index in [1.54, 1.807) is 7.11 Å². The molecule has 2 aliphatic rings. The second-order valence-corrected chi connectivity index (χ2v) is 5.43. The topological polar surface area (TPSA) is 38.3 Å². The van der Waals surface area contributed by atoms with Crippen LogP contribution in [0.5, 0.6) is 5.75 Å². The van der Waals surface area contributed by atoms with Crippen molar-refractivity contribution in [2.45, 2.75) is 37.6 Å². The molecule has 0 heterocycles. The Morgan fingerprint density at radius 1 is 1.28 bits per heavy atom. The fourth-order valence-corrected chi connectivity index (χ4v) is 2.61. The Kier molecular flexibility index (Phi) is 2.77. The summed E-state index contributed by atoms with van der Waals surface area (Å²) in [6.07, 6.45) is 5.42. The molecule has 2 aliphatic carbocycles. The zero-order valence-corrected chi connectivity index (χ0v) is 10.7. The maximum absolute atomic E-state index is 12.0. The fourth-order valence-electron chi connectivity index (χ4n) is 2.61. The van der Waals surface area contributed by atoms with Gasteiger partial charge in [0.05, 0.1) is 12.6 Å². The van der Waals surface area contributed by atoms with Crippen LogP contribution in [0.25, 0.3) is 0 Å². The molecular formula is C15H19NO2. The van der Waals surface area contributed by atoms with E-state index in [1.165, 1.54) is 12.0 Å². The fraction of sp³-hybridized carbons (Fsp3) is 0.533. The van der Waals surface area contributed by atoms with Gasteiger partial charge in [-0.3, -0.25) is 4.79 Å². The third kappa shape index (κ3) is 1.98. The molecule has 3 rings (SSSR count). The standard InChI is InChI=1S/C15H19NO2/c1-18-13-7-5-12(6-8-13)15(9-2-10-15)16-14(17)11-3-4-11/h5-8,11H,2-4,9-10H2,1H3,(H,16,17). The van der Waals surface area contributed by atoms with Crippen molar-refractivity contribution in [1.82, 2.24) is 5.32 Å². The average molecular weight is 245 g/mol. The molecule has 0 bridgehead atoms. The summed E-state index contributed by atoms with van der Waals surface area (Å²) in [6.45, 7) is 0. The first-order valence-corrected chi connectivity index (χ1v) is 6.70. The van der Waals surface area contributed by atoms with Crippen molar-refractivity contribution in [1.29, 1.82) is 0 Å². The van der Waals surface area contributed by atoms with Crippen molar-refractivity contribution in [3.8, 4) is 5.75 Å². The van der Waals surface area contributed by atoms with Gasteiger partial charge in [-0.05, 0) is 49.8 Å². The molecule has 96 valence electrons. The molecule has 2 fully saturated rings. The molecule has 0 atom stereocenters. The second-order valence-electron chi connectivity index (χ2n) is 5.43. The Hall–Kier alpha value is -1.51. The lowest BCUT2D eigenvalue weighted by Gasteiger charge is -2.43. The summed E-state index contributed by atoms with van der Waals surface area (Å²) in [4.78, 5) is 12.0. The van der Waals surface area contributed by atoms with E-state index >= 15 is 0 Å². The van der Waals surface area contributed by atoms with Crippen LogP contribution in [-0.2, 0) is 10.3 Å². The highest BCUT2D eigenvalue weighted by atomic mass is 16.5. The molecule has 0 unspecified atom stereocenters. The highest BCUT2D eigenvalue weighted by Gasteiger charge is 2.42. The van der Waals surface area contributed by atoms with E-state index in [0.717, 1.165) is 31.4 Å². The number of rotatable bonds is 4. The van der Waals surface area contributed by atoms with Crippen molar-refractivity contribution in [3.05, 3.63) is 29.8 Å². The zero-order chi connectivity index (χ0) is 12.6. The van der Waals surface area contributed by atoms with Gasteiger partial charge in [0.2, 0.25) is 5.91 Å². The SMILES string of the molecule is COc1ccc(C2(NC(=O)C3CC3)CCC2)cc1. The smallest absolute Gasteiger partial charge is 0.223 e. The summed E-state index contributed by atoms with van der Waals surface area (Å²) in [5, 5.41) is 3.27.